The Bertz CT molecular complexity index is 930. The van der Waals surface area contributed by atoms with Gasteiger partial charge in [-0.25, -0.2) is 0 Å². The molecule has 3 heterocycles. The summed E-state index contributed by atoms with van der Waals surface area (Å²) in [7, 11) is 1.75. The molecule has 3 aromatic rings. The third kappa shape index (κ3) is 3.45. The van der Waals surface area contributed by atoms with E-state index in [2.05, 4.69) is 15.1 Å². The van der Waals surface area contributed by atoms with Crippen molar-refractivity contribution in [3.63, 3.8) is 0 Å². The van der Waals surface area contributed by atoms with Crippen molar-refractivity contribution in [1.29, 1.82) is 0 Å². The lowest BCUT2D eigenvalue weighted by Gasteiger charge is -2.21. The molecule has 0 aliphatic carbocycles. The van der Waals surface area contributed by atoms with Crippen LogP contribution >= 0.6 is 0 Å². The van der Waals surface area contributed by atoms with Crippen molar-refractivity contribution in [3.8, 4) is 0 Å². The number of carbonyl (C=O) groups excluding carboxylic acids is 1. The van der Waals surface area contributed by atoms with Crippen molar-refractivity contribution in [3.05, 3.63) is 58.3 Å². The number of hydrogen-bond acceptors (Lipinski definition) is 4. The van der Waals surface area contributed by atoms with Crippen molar-refractivity contribution >= 4 is 16.9 Å². The number of nitrogens with one attached hydrogen (secondary N) is 1. The molecular weight excluding hydrogens is 318 g/mol. The lowest BCUT2D eigenvalue weighted by Crippen LogP contribution is -2.36. The average Bonchev–Trinajstić information content (AvgIpc) is 3.01. The lowest BCUT2D eigenvalue weighted by molar-refractivity contribution is 0.0755. The number of fused-ring (bicyclic) bond motifs is 1. The lowest BCUT2D eigenvalue weighted by atomic mass is 10.1. The third-order valence-corrected chi connectivity index (χ3v) is 4.16. The van der Waals surface area contributed by atoms with Crippen molar-refractivity contribution in [2.75, 3.05) is 13.1 Å². The van der Waals surface area contributed by atoms with Gasteiger partial charge in [0.15, 0.2) is 0 Å². The van der Waals surface area contributed by atoms with Gasteiger partial charge in [-0.15, -0.1) is 0 Å². The molecule has 1 amide bonds. The highest BCUT2D eigenvalue weighted by atomic mass is 16.2. The maximum atomic E-state index is 12.9. The number of hydrogen-bond donors (Lipinski definition) is 1. The zero-order valence-electron chi connectivity index (χ0n) is 14.4. The molecule has 0 aromatic carbocycles. The molecule has 3 rings (SSSR count). The second kappa shape index (κ2) is 7.29. The monoisotopic (exact) mass is 339 g/mol. The van der Waals surface area contributed by atoms with Crippen LogP contribution in [-0.4, -0.2) is 43.6 Å². The Hall–Kier alpha value is -2.96. The van der Waals surface area contributed by atoms with Crippen LogP contribution < -0.4 is 5.43 Å². The summed E-state index contributed by atoms with van der Waals surface area (Å²) < 4.78 is 1.58. The van der Waals surface area contributed by atoms with E-state index in [1.807, 2.05) is 25.1 Å². The molecule has 1 N–H and O–H groups in total. The highest BCUT2D eigenvalue weighted by molar-refractivity contribution is 5.96. The fourth-order valence-electron chi connectivity index (χ4n) is 2.84. The molecule has 0 atom stereocenters. The summed E-state index contributed by atoms with van der Waals surface area (Å²) in [6, 6.07) is 5.72. The van der Waals surface area contributed by atoms with Gasteiger partial charge < -0.3 is 9.88 Å². The molecule has 0 aliphatic rings. The van der Waals surface area contributed by atoms with E-state index in [1.54, 1.807) is 22.8 Å². The van der Waals surface area contributed by atoms with Crippen LogP contribution in [0.15, 0.2) is 41.6 Å². The molecule has 0 saturated heterocycles. The largest absolute Gasteiger partial charge is 0.345 e. The van der Waals surface area contributed by atoms with Crippen LogP contribution in [0.5, 0.6) is 0 Å². The van der Waals surface area contributed by atoms with Crippen LogP contribution in [-0.2, 0) is 13.5 Å². The predicted octanol–water partition coefficient (Wildman–Crippen LogP) is 1.75. The summed E-state index contributed by atoms with van der Waals surface area (Å²) in [5.41, 5.74) is 1.39. The first-order chi connectivity index (χ1) is 12.1. The average molecular weight is 339 g/mol. The molecule has 0 bridgehead atoms. The molecule has 0 saturated carbocycles. The van der Waals surface area contributed by atoms with E-state index in [9.17, 15) is 9.59 Å². The summed E-state index contributed by atoms with van der Waals surface area (Å²) in [5.74, 6) is -0.259. The van der Waals surface area contributed by atoms with Crippen LogP contribution in [0, 0.1) is 0 Å². The van der Waals surface area contributed by atoms with Gasteiger partial charge in [0.25, 0.3) is 5.91 Å². The minimum absolute atomic E-state index is 0.148. The van der Waals surface area contributed by atoms with E-state index in [4.69, 9.17) is 0 Å². The standard InChI is InChI=1S/C18H21N5O2/c1-3-9-23(10-7-13-6-4-5-8-19-13)18(25)15-11-20-17-14(16(15)24)12-21-22(17)2/h4-6,8,11-12H,3,7,9-10H2,1-2H3,(H,20,24). The van der Waals surface area contributed by atoms with Crippen LogP contribution in [0.25, 0.3) is 11.0 Å². The molecule has 0 spiro atoms. The van der Waals surface area contributed by atoms with Crippen molar-refractivity contribution in [2.24, 2.45) is 7.05 Å². The van der Waals surface area contributed by atoms with E-state index >= 15 is 0 Å². The highest BCUT2D eigenvalue weighted by Crippen LogP contribution is 2.09. The third-order valence-electron chi connectivity index (χ3n) is 4.16. The van der Waals surface area contributed by atoms with Crippen LogP contribution in [0.1, 0.15) is 29.4 Å². The first-order valence-corrected chi connectivity index (χ1v) is 8.34. The van der Waals surface area contributed by atoms with E-state index in [0.717, 1.165) is 12.1 Å². The molecule has 3 aromatic heterocycles. The maximum absolute atomic E-state index is 12.9. The quantitative estimate of drug-likeness (QED) is 0.741. The number of aromatic amines is 1. The molecule has 0 aliphatic heterocycles. The fourth-order valence-corrected chi connectivity index (χ4v) is 2.84. The number of nitrogens with zero attached hydrogens (tertiary/aromatic N) is 4. The minimum Gasteiger partial charge on any atom is -0.345 e. The second-order valence-electron chi connectivity index (χ2n) is 5.93. The molecule has 130 valence electrons. The summed E-state index contributed by atoms with van der Waals surface area (Å²) in [6.45, 7) is 3.12. The van der Waals surface area contributed by atoms with Gasteiger partial charge in [-0.05, 0) is 18.6 Å². The SMILES string of the molecule is CCCN(CCc1ccccn1)C(=O)c1c[nH]c2c(cnn2C)c1=O. The molecule has 0 radical (unpaired) electrons. The normalized spacial score (nSPS) is 11.0. The zero-order chi connectivity index (χ0) is 17.8. The molecular formula is C18H21N5O2. The summed E-state index contributed by atoms with van der Waals surface area (Å²) >= 11 is 0. The Morgan fingerprint density at radius 3 is 2.88 bits per heavy atom. The second-order valence-corrected chi connectivity index (χ2v) is 5.93. The molecule has 25 heavy (non-hydrogen) atoms. The summed E-state index contributed by atoms with van der Waals surface area (Å²) in [5, 5.41) is 4.49. The number of aryl methyl sites for hydroxylation is 1. The summed E-state index contributed by atoms with van der Waals surface area (Å²) in [6.07, 6.45) is 6.18. The van der Waals surface area contributed by atoms with E-state index in [1.165, 1.54) is 12.4 Å². The van der Waals surface area contributed by atoms with Gasteiger partial charge >= 0.3 is 0 Å². The van der Waals surface area contributed by atoms with Gasteiger partial charge in [0.1, 0.15) is 11.2 Å². The molecule has 7 heteroatoms. The number of rotatable bonds is 6. The van der Waals surface area contributed by atoms with Crippen LogP contribution in [0.2, 0.25) is 0 Å². The van der Waals surface area contributed by atoms with Gasteiger partial charge in [-0.1, -0.05) is 13.0 Å². The molecule has 7 nitrogen and oxygen atoms in total. The Labute approximate surface area is 145 Å². The van der Waals surface area contributed by atoms with E-state index in [-0.39, 0.29) is 16.9 Å². The van der Waals surface area contributed by atoms with Gasteiger partial charge in [-0.2, -0.15) is 5.10 Å². The van der Waals surface area contributed by atoms with Gasteiger partial charge in [0.2, 0.25) is 5.43 Å². The minimum atomic E-state index is -0.286. The van der Waals surface area contributed by atoms with Crippen molar-refractivity contribution in [1.82, 2.24) is 24.6 Å². The highest BCUT2D eigenvalue weighted by Gasteiger charge is 2.20. The summed E-state index contributed by atoms with van der Waals surface area (Å²) in [4.78, 5) is 34.5. The van der Waals surface area contributed by atoms with Gasteiger partial charge in [0.05, 0.1) is 11.6 Å². The first-order valence-electron chi connectivity index (χ1n) is 8.34. The molecule has 0 fully saturated rings. The van der Waals surface area contributed by atoms with Gasteiger partial charge in [-0.3, -0.25) is 19.3 Å². The van der Waals surface area contributed by atoms with Crippen LogP contribution in [0.4, 0.5) is 0 Å². The number of carbonyl (C=O) groups is 1. The zero-order valence-corrected chi connectivity index (χ0v) is 14.4. The number of amides is 1. The number of H-pyrrole nitrogens is 1. The Balaban J connectivity index is 1.85. The van der Waals surface area contributed by atoms with Gasteiger partial charge in [0, 0.05) is 44.6 Å². The van der Waals surface area contributed by atoms with Crippen molar-refractivity contribution in [2.45, 2.75) is 19.8 Å². The smallest absolute Gasteiger partial charge is 0.259 e. The number of aromatic nitrogens is 4. The Kier molecular flexibility index (Phi) is 4.92. The maximum Gasteiger partial charge on any atom is 0.259 e. The fraction of sp³-hybridized carbons (Fsp3) is 0.333. The Morgan fingerprint density at radius 1 is 1.32 bits per heavy atom. The predicted molar refractivity (Wildman–Crippen MR) is 95.5 cm³/mol. The topological polar surface area (TPSA) is 83.9 Å². The van der Waals surface area contributed by atoms with Crippen LogP contribution in [0.3, 0.4) is 0 Å². The molecule has 0 unspecified atom stereocenters. The van der Waals surface area contributed by atoms with Crippen molar-refractivity contribution < 1.29 is 4.79 Å². The number of pyridine rings is 2. The Morgan fingerprint density at radius 2 is 2.16 bits per heavy atom. The first kappa shape index (κ1) is 16.9. The van der Waals surface area contributed by atoms with E-state index in [0.29, 0.717) is 30.5 Å². The van der Waals surface area contributed by atoms with E-state index < -0.39 is 0 Å².